The largest absolute Gasteiger partial charge is 0.397 e. The van der Waals surface area contributed by atoms with Crippen molar-refractivity contribution in [1.29, 1.82) is 0 Å². The van der Waals surface area contributed by atoms with Crippen LogP contribution in [-0.2, 0) is 15.5 Å². The van der Waals surface area contributed by atoms with E-state index in [1.54, 1.807) is 18.3 Å². The van der Waals surface area contributed by atoms with E-state index >= 15 is 0 Å². The van der Waals surface area contributed by atoms with Crippen molar-refractivity contribution in [1.82, 2.24) is 4.98 Å². The SMILES string of the molecule is Nc1cccnc1C1([SH](=O)=O)CC1. The molecule has 1 aromatic heterocycles. The molecule has 1 aliphatic carbocycles. The Hall–Kier alpha value is -1.10. The summed E-state index contributed by atoms with van der Waals surface area (Å²) in [5, 5.41) is 0. The highest BCUT2D eigenvalue weighted by Gasteiger charge is 2.50. The summed E-state index contributed by atoms with van der Waals surface area (Å²) in [7, 11) is -2.47. The van der Waals surface area contributed by atoms with Gasteiger partial charge in [-0.1, -0.05) is 0 Å². The molecular formula is C8H10N2O2S. The number of nitrogens with two attached hydrogens (primary N) is 1. The first kappa shape index (κ1) is 8.50. The van der Waals surface area contributed by atoms with Gasteiger partial charge >= 0.3 is 0 Å². The summed E-state index contributed by atoms with van der Waals surface area (Å²) in [5.41, 5.74) is 6.65. The van der Waals surface area contributed by atoms with Crippen LogP contribution in [0.5, 0.6) is 0 Å². The molecular weight excluding hydrogens is 188 g/mol. The lowest BCUT2D eigenvalue weighted by Gasteiger charge is -2.08. The van der Waals surface area contributed by atoms with Gasteiger partial charge in [-0.05, 0) is 25.0 Å². The van der Waals surface area contributed by atoms with Gasteiger partial charge in [-0.25, -0.2) is 8.42 Å². The number of hydrogen-bond acceptors (Lipinski definition) is 4. The van der Waals surface area contributed by atoms with Crippen molar-refractivity contribution in [3.8, 4) is 0 Å². The molecule has 4 nitrogen and oxygen atoms in total. The molecule has 0 saturated heterocycles. The van der Waals surface area contributed by atoms with E-state index in [0.717, 1.165) is 0 Å². The topological polar surface area (TPSA) is 73.0 Å². The second-order valence-electron chi connectivity index (χ2n) is 3.23. The van der Waals surface area contributed by atoms with Crippen molar-refractivity contribution in [3.05, 3.63) is 24.0 Å². The number of thiol groups is 1. The van der Waals surface area contributed by atoms with Crippen LogP contribution in [-0.4, -0.2) is 13.4 Å². The van der Waals surface area contributed by atoms with Crippen molar-refractivity contribution in [2.45, 2.75) is 17.6 Å². The van der Waals surface area contributed by atoms with E-state index in [9.17, 15) is 8.42 Å². The van der Waals surface area contributed by atoms with Gasteiger partial charge < -0.3 is 5.73 Å². The van der Waals surface area contributed by atoms with Crippen LogP contribution in [0, 0.1) is 0 Å². The van der Waals surface area contributed by atoms with E-state index in [2.05, 4.69) is 4.98 Å². The van der Waals surface area contributed by atoms with Gasteiger partial charge in [-0.3, -0.25) is 4.98 Å². The van der Waals surface area contributed by atoms with Gasteiger partial charge in [-0.15, -0.1) is 0 Å². The van der Waals surface area contributed by atoms with E-state index in [1.807, 2.05) is 0 Å². The van der Waals surface area contributed by atoms with Crippen LogP contribution in [0.25, 0.3) is 0 Å². The summed E-state index contributed by atoms with van der Waals surface area (Å²) in [4.78, 5) is 4.02. The summed E-state index contributed by atoms with van der Waals surface area (Å²) >= 11 is 0. The third-order valence-electron chi connectivity index (χ3n) is 2.35. The molecule has 1 heterocycles. The molecule has 0 atom stereocenters. The van der Waals surface area contributed by atoms with Gasteiger partial charge in [-0.2, -0.15) is 0 Å². The zero-order valence-corrected chi connectivity index (χ0v) is 7.83. The van der Waals surface area contributed by atoms with Crippen LogP contribution in [0.1, 0.15) is 18.5 Å². The Morgan fingerprint density at radius 1 is 1.46 bits per heavy atom. The lowest BCUT2D eigenvalue weighted by atomic mass is 10.2. The molecule has 0 amide bonds. The molecule has 1 saturated carbocycles. The molecule has 13 heavy (non-hydrogen) atoms. The number of hydrogen-bond donors (Lipinski definition) is 2. The van der Waals surface area contributed by atoms with Crippen LogP contribution in [0.4, 0.5) is 5.69 Å². The molecule has 0 aliphatic heterocycles. The standard InChI is InChI=1S/C8H10N2O2S/c9-6-2-1-5-10-7(6)8(3-4-8)13(11)12/h1-2,5,13H,3-4,9H2. The van der Waals surface area contributed by atoms with Gasteiger partial charge in [0.25, 0.3) is 0 Å². The Morgan fingerprint density at radius 3 is 2.62 bits per heavy atom. The van der Waals surface area contributed by atoms with Crippen LogP contribution in [0.3, 0.4) is 0 Å². The third-order valence-corrected chi connectivity index (χ3v) is 3.71. The fraction of sp³-hybridized carbons (Fsp3) is 0.375. The number of nitrogens with zero attached hydrogens (tertiary/aromatic N) is 1. The molecule has 2 N–H and O–H groups in total. The van der Waals surface area contributed by atoms with Crippen molar-refractivity contribution < 1.29 is 8.42 Å². The van der Waals surface area contributed by atoms with Gasteiger partial charge in [0.1, 0.15) is 4.75 Å². The fourth-order valence-corrected chi connectivity index (χ4v) is 2.27. The van der Waals surface area contributed by atoms with E-state index in [0.29, 0.717) is 24.2 Å². The average molecular weight is 198 g/mol. The summed E-state index contributed by atoms with van der Waals surface area (Å²) in [6.07, 6.45) is 2.87. The zero-order chi connectivity index (χ0) is 9.47. The van der Waals surface area contributed by atoms with Gasteiger partial charge in [0, 0.05) is 6.20 Å². The quantitative estimate of drug-likeness (QED) is 0.669. The fourth-order valence-electron chi connectivity index (χ4n) is 1.43. The second-order valence-corrected chi connectivity index (χ2v) is 4.60. The van der Waals surface area contributed by atoms with Crippen LogP contribution < -0.4 is 5.73 Å². The Balaban J connectivity index is 2.53. The van der Waals surface area contributed by atoms with E-state index in [-0.39, 0.29) is 0 Å². The molecule has 2 rings (SSSR count). The van der Waals surface area contributed by atoms with Crippen LogP contribution >= 0.6 is 0 Å². The maximum Gasteiger partial charge on any atom is 0.151 e. The highest BCUT2D eigenvalue weighted by molar-refractivity contribution is 7.74. The van der Waals surface area contributed by atoms with Crippen molar-refractivity contribution in [2.24, 2.45) is 0 Å². The Bertz CT molecular complexity index is 402. The number of anilines is 1. The maximum atomic E-state index is 11.0. The predicted octanol–water partition coefficient (Wildman–Crippen LogP) is 0.264. The molecule has 70 valence electrons. The van der Waals surface area contributed by atoms with E-state index < -0.39 is 15.5 Å². The molecule has 5 heteroatoms. The van der Waals surface area contributed by atoms with E-state index in [4.69, 9.17) is 5.73 Å². The number of pyridine rings is 1. The summed E-state index contributed by atoms with van der Waals surface area (Å²) < 4.78 is 21.2. The Morgan fingerprint density at radius 2 is 2.15 bits per heavy atom. The normalized spacial score (nSPS) is 18.8. The average Bonchev–Trinajstić information content (AvgIpc) is 2.85. The summed E-state index contributed by atoms with van der Waals surface area (Å²) in [6, 6.07) is 3.38. The highest BCUT2D eigenvalue weighted by atomic mass is 32.2. The Labute approximate surface area is 77.7 Å². The first-order valence-electron chi connectivity index (χ1n) is 4.02. The molecule has 0 spiro atoms. The molecule has 0 bridgehead atoms. The third kappa shape index (κ3) is 1.19. The highest BCUT2D eigenvalue weighted by Crippen LogP contribution is 2.49. The van der Waals surface area contributed by atoms with E-state index in [1.165, 1.54) is 0 Å². The molecule has 1 aromatic rings. The predicted molar refractivity (Wildman–Crippen MR) is 49.9 cm³/mol. The van der Waals surface area contributed by atoms with Crippen molar-refractivity contribution >= 4 is 16.4 Å². The van der Waals surface area contributed by atoms with Gasteiger partial charge in [0.2, 0.25) is 0 Å². The Kier molecular flexibility index (Phi) is 1.76. The minimum atomic E-state index is -2.47. The van der Waals surface area contributed by atoms with Crippen LogP contribution in [0.15, 0.2) is 18.3 Å². The molecule has 1 fully saturated rings. The van der Waals surface area contributed by atoms with Crippen molar-refractivity contribution in [3.63, 3.8) is 0 Å². The first-order valence-corrected chi connectivity index (χ1v) is 5.20. The smallest absolute Gasteiger partial charge is 0.151 e. The monoisotopic (exact) mass is 198 g/mol. The van der Waals surface area contributed by atoms with Crippen LogP contribution in [0.2, 0.25) is 0 Å². The molecule has 0 unspecified atom stereocenters. The number of rotatable bonds is 2. The van der Waals surface area contributed by atoms with Gasteiger partial charge in [0.15, 0.2) is 10.7 Å². The van der Waals surface area contributed by atoms with Crippen molar-refractivity contribution in [2.75, 3.05) is 5.73 Å². The molecule has 1 aliphatic rings. The zero-order valence-electron chi connectivity index (χ0n) is 6.93. The minimum Gasteiger partial charge on any atom is -0.397 e. The van der Waals surface area contributed by atoms with Gasteiger partial charge in [0.05, 0.1) is 11.4 Å². The number of nitrogen functional groups attached to an aromatic ring is 1. The lowest BCUT2D eigenvalue weighted by Crippen LogP contribution is -2.13. The maximum absolute atomic E-state index is 11.0. The lowest BCUT2D eigenvalue weighted by molar-refractivity contribution is 0.599. The first-order chi connectivity index (χ1) is 6.17. The summed E-state index contributed by atoms with van der Waals surface area (Å²) in [6.45, 7) is 0. The second kappa shape index (κ2) is 2.70. The number of aromatic nitrogens is 1. The summed E-state index contributed by atoms with van der Waals surface area (Å²) in [5.74, 6) is 0. The minimum absolute atomic E-state index is 0.471. The molecule has 0 radical (unpaired) electrons. The molecule has 0 aromatic carbocycles.